The number of hydrogen-bond donors (Lipinski definition) is 0. The maximum Gasteiger partial charge on any atom is 0.124 e. The van der Waals surface area contributed by atoms with Gasteiger partial charge in [-0.3, -0.25) is 0 Å². The molecule has 1 aliphatic carbocycles. The van der Waals surface area contributed by atoms with E-state index in [9.17, 15) is 4.39 Å². The number of hydrogen-bond acceptors (Lipinski definition) is 2. The van der Waals surface area contributed by atoms with Gasteiger partial charge in [0, 0.05) is 0 Å². The van der Waals surface area contributed by atoms with Crippen LogP contribution in [0.3, 0.4) is 0 Å². The standard InChI is InChI=1S/C16H20FNO/c1-2-14-5-3-4-6-16(14)19-11-13-7-12(10-18)8-15(17)9-13/h7-9,14,16H,2-6,11H2,1H3. The van der Waals surface area contributed by atoms with Crippen LogP contribution in [0.1, 0.15) is 50.2 Å². The summed E-state index contributed by atoms with van der Waals surface area (Å²) < 4.78 is 19.3. The Morgan fingerprint density at radius 2 is 2.11 bits per heavy atom. The Balaban J connectivity index is 1.98. The van der Waals surface area contributed by atoms with E-state index in [1.807, 2.05) is 6.07 Å². The van der Waals surface area contributed by atoms with Crippen molar-refractivity contribution in [2.24, 2.45) is 5.92 Å². The second-order valence-electron chi connectivity index (χ2n) is 5.26. The van der Waals surface area contributed by atoms with Crippen LogP contribution in [0.2, 0.25) is 0 Å². The number of nitriles is 1. The number of halogens is 1. The van der Waals surface area contributed by atoms with Crippen molar-refractivity contribution in [3.63, 3.8) is 0 Å². The minimum atomic E-state index is -0.367. The highest BCUT2D eigenvalue weighted by molar-refractivity contribution is 5.33. The summed E-state index contributed by atoms with van der Waals surface area (Å²) in [5.74, 6) is 0.256. The summed E-state index contributed by atoms with van der Waals surface area (Å²) in [7, 11) is 0. The normalized spacial score (nSPS) is 23.0. The topological polar surface area (TPSA) is 33.0 Å². The van der Waals surface area contributed by atoms with Crippen molar-refractivity contribution < 1.29 is 9.13 Å². The Bertz CT molecular complexity index is 466. The van der Waals surface area contributed by atoms with Gasteiger partial charge in [0.1, 0.15) is 5.82 Å². The third-order valence-electron chi connectivity index (χ3n) is 3.91. The summed E-state index contributed by atoms with van der Waals surface area (Å²) in [5.41, 5.74) is 1.10. The van der Waals surface area contributed by atoms with E-state index in [4.69, 9.17) is 10.00 Å². The van der Waals surface area contributed by atoms with E-state index in [2.05, 4.69) is 6.92 Å². The highest BCUT2D eigenvalue weighted by Gasteiger charge is 2.24. The second-order valence-corrected chi connectivity index (χ2v) is 5.26. The molecule has 2 nitrogen and oxygen atoms in total. The molecular formula is C16H20FNO. The Morgan fingerprint density at radius 3 is 2.84 bits per heavy atom. The van der Waals surface area contributed by atoms with E-state index in [-0.39, 0.29) is 11.9 Å². The first kappa shape index (κ1) is 14.0. The first-order valence-electron chi connectivity index (χ1n) is 7.04. The summed E-state index contributed by atoms with van der Waals surface area (Å²) in [5, 5.41) is 8.83. The van der Waals surface area contributed by atoms with Gasteiger partial charge >= 0.3 is 0 Å². The molecule has 1 aromatic rings. The highest BCUT2D eigenvalue weighted by Crippen LogP contribution is 2.29. The van der Waals surface area contributed by atoms with Gasteiger partial charge in [-0.1, -0.05) is 26.2 Å². The molecule has 1 saturated carbocycles. The predicted molar refractivity (Wildman–Crippen MR) is 71.9 cm³/mol. The van der Waals surface area contributed by atoms with Gasteiger partial charge in [0.05, 0.1) is 24.3 Å². The lowest BCUT2D eigenvalue weighted by atomic mass is 9.85. The van der Waals surface area contributed by atoms with Crippen LogP contribution in [0.15, 0.2) is 18.2 Å². The van der Waals surface area contributed by atoms with Crippen LogP contribution in [0.5, 0.6) is 0 Å². The van der Waals surface area contributed by atoms with Gasteiger partial charge in [0.15, 0.2) is 0 Å². The summed E-state index contributed by atoms with van der Waals surface area (Å²) in [6.45, 7) is 2.59. The van der Waals surface area contributed by atoms with E-state index < -0.39 is 0 Å². The molecule has 0 aliphatic heterocycles. The third kappa shape index (κ3) is 3.78. The zero-order valence-electron chi connectivity index (χ0n) is 11.4. The molecule has 0 saturated heterocycles. The van der Waals surface area contributed by atoms with Crippen LogP contribution in [0.4, 0.5) is 4.39 Å². The molecule has 0 aromatic heterocycles. The number of benzene rings is 1. The Morgan fingerprint density at radius 1 is 1.32 bits per heavy atom. The minimum Gasteiger partial charge on any atom is -0.373 e. The molecule has 0 spiro atoms. The number of nitrogens with zero attached hydrogens (tertiary/aromatic N) is 1. The predicted octanol–water partition coefficient (Wildman–Crippen LogP) is 4.18. The van der Waals surface area contributed by atoms with Crippen molar-refractivity contribution in [3.8, 4) is 6.07 Å². The summed E-state index contributed by atoms with van der Waals surface area (Å²) in [6, 6.07) is 6.37. The van der Waals surface area contributed by atoms with Gasteiger partial charge in [-0.2, -0.15) is 5.26 Å². The summed E-state index contributed by atoms with van der Waals surface area (Å²) >= 11 is 0. The zero-order valence-corrected chi connectivity index (χ0v) is 11.4. The van der Waals surface area contributed by atoms with E-state index in [1.165, 1.54) is 31.4 Å². The SMILES string of the molecule is CCC1CCCCC1OCc1cc(F)cc(C#N)c1. The van der Waals surface area contributed by atoms with E-state index >= 15 is 0 Å². The molecule has 1 aromatic carbocycles. The molecule has 0 radical (unpaired) electrons. The van der Waals surface area contributed by atoms with Crippen molar-refractivity contribution in [3.05, 3.63) is 35.1 Å². The lowest BCUT2D eigenvalue weighted by Gasteiger charge is -2.30. The monoisotopic (exact) mass is 261 g/mol. The van der Waals surface area contributed by atoms with Gasteiger partial charge in [-0.15, -0.1) is 0 Å². The van der Waals surface area contributed by atoms with Crippen molar-refractivity contribution in [1.82, 2.24) is 0 Å². The van der Waals surface area contributed by atoms with Crippen LogP contribution in [0.25, 0.3) is 0 Å². The van der Waals surface area contributed by atoms with Crippen LogP contribution in [-0.4, -0.2) is 6.10 Å². The smallest absolute Gasteiger partial charge is 0.124 e. The maximum atomic E-state index is 13.3. The first-order valence-corrected chi connectivity index (χ1v) is 7.04. The molecule has 3 heteroatoms. The molecule has 2 unspecified atom stereocenters. The lowest BCUT2D eigenvalue weighted by molar-refractivity contribution is -0.0222. The molecular weight excluding hydrogens is 241 g/mol. The largest absolute Gasteiger partial charge is 0.373 e. The summed E-state index contributed by atoms with van der Waals surface area (Å²) in [4.78, 5) is 0. The quantitative estimate of drug-likeness (QED) is 0.814. The Labute approximate surface area is 114 Å². The van der Waals surface area contributed by atoms with Crippen LogP contribution in [-0.2, 0) is 11.3 Å². The summed E-state index contributed by atoms with van der Waals surface area (Å²) in [6.07, 6.45) is 6.25. The van der Waals surface area contributed by atoms with E-state index in [0.717, 1.165) is 18.4 Å². The molecule has 2 atom stereocenters. The van der Waals surface area contributed by atoms with Crippen molar-refractivity contribution in [2.45, 2.75) is 51.7 Å². The fourth-order valence-electron chi connectivity index (χ4n) is 2.86. The molecule has 0 heterocycles. The molecule has 102 valence electrons. The maximum absolute atomic E-state index is 13.3. The fourth-order valence-corrected chi connectivity index (χ4v) is 2.86. The lowest BCUT2D eigenvalue weighted by Crippen LogP contribution is -2.27. The number of ether oxygens (including phenoxy) is 1. The molecule has 1 aliphatic rings. The van der Waals surface area contributed by atoms with Crippen LogP contribution >= 0.6 is 0 Å². The van der Waals surface area contributed by atoms with Gasteiger partial charge in [0.2, 0.25) is 0 Å². The molecule has 0 bridgehead atoms. The molecule has 0 amide bonds. The molecule has 0 N–H and O–H groups in total. The second kappa shape index (κ2) is 6.68. The molecule has 2 rings (SSSR count). The third-order valence-corrected chi connectivity index (χ3v) is 3.91. The van der Waals surface area contributed by atoms with E-state index in [1.54, 1.807) is 6.07 Å². The van der Waals surface area contributed by atoms with Gasteiger partial charge < -0.3 is 4.74 Å². The highest BCUT2D eigenvalue weighted by atomic mass is 19.1. The van der Waals surface area contributed by atoms with Crippen molar-refractivity contribution in [2.75, 3.05) is 0 Å². The van der Waals surface area contributed by atoms with Crippen LogP contribution in [0, 0.1) is 23.1 Å². The molecule has 19 heavy (non-hydrogen) atoms. The minimum absolute atomic E-state index is 0.285. The van der Waals surface area contributed by atoms with Crippen molar-refractivity contribution >= 4 is 0 Å². The fraction of sp³-hybridized carbons (Fsp3) is 0.562. The number of rotatable bonds is 4. The Hall–Kier alpha value is -1.40. The van der Waals surface area contributed by atoms with Gasteiger partial charge in [-0.05, 0) is 42.5 Å². The average molecular weight is 261 g/mol. The van der Waals surface area contributed by atoms with Gasteiger partial charge in [-0.25, -0.2) is 4.39 Å². The van der Waals surface area contributed by atoms with Gasteiger partial charge in [0.25, 0.3) is 0 Å². The van der Waals surface area contributed by atoms with Crippen molar-refractivity contribution in [1.29, 1.82) is 5.26 Å². The van der Waals surface area contributed by atoms with E-state index in [0.29, 0.717) is 18.1 Å². The van der Waals surface area contributed by atoms with Crippen LogP contribution < -0.4 is 0 Å². The Kier molecular flexibility index (Phi) is 4.93. The first-order chi connectivity index (χ1) is 9.22. The zero-order chi connectivity index (χ0) is 13.7. The molecule has 1 fully saturated rings. The average Bonchev–Trinajstić information content (AvgIpc) is 2.44.